The van der Waals surface area contributed by atoms with Crippen LogP contribution in [0, 0.1) is 18.3 Å². The maximum atomic E-state index is 13.2. The zero-order chi connectivity index (χ0) is 19.7. The summed E-state index contributed by atoms with van der Waals surface area (Å²) in [5, 5.41) is 19.0. The summed E-state index contributed by atoms with van der Waals surface area (Å²) in [6, 6.07) is 11.7. The van der Waals surface area contributed by atoms with E-state index in [1.54, 1.807) is 13.0 Å². The fourth-order valence-corrected chi connectivity index (χ4v) is 3.47. The van der Waals surface area contributed by atoms with Gasteiger partial charge < -0.3 is 20.1 Å². The number of nitrogens with zero attached hydrogens (tertiary/aromatic N) is 2. The smallest absolute Gasteiger partial charge is 0.258 e. The molecule has 0 saturated heterocycles. The molecule has 0 amide bonds. The van der Waals surface area contributed by atoms with Gasteiger partial charge in [-0.2, -0.15) is 5.26 Å². The summed E-state index contributed by atoms with van der Waals surface area (Å²) in [6.07, 6.45) is 0. The lowest BCUT2D eigenvalue weighted by molar-refractivity contribution is 0.272. The molecule has 3 rings (SSSR count). The van der Waals surface area contributed by atoms with Crippen molar-refractivity contribution in [3.63, 3.8) is 0 Å². The predicted octanol–water partition coefficient (Wildman–Crippen LogP) is 2.49. The Balaban J connectivity index is 2.25. The number of fused-ring (bicyclic) bond motifs is 1. The zero-order valence-electron chi connectivity index (χ0n) is 15.7. The van der Waals surface area contributed by atoms with E-state index < -0.39 is 5.92 Å². The average Bonchev–Trinajstić information content (AvgIpc) is 2.64. The molecule has 0 bridgehead atoms. The number of nitriles is 1. The number of allylic oxidation sites excluding steroid dienone is 1. The van der Waals surface area contributed by atoms with Gasteiger partial charge in [0, 0.05) is 18.3 Å². The largest absolute Gasteiger partial charge is 0.440 e. The Morgan fingerprint density at radius 2 is 2.00 bits per heavy atom. The van der Waals surface area contributed by atoms with Crippen LogP contribution in [-0.4, -0.2) is 16.3 Å². The number of aromatic nitrogens is 1. The maximum Gasteiger partial charge on any atom is 0.258 e. The van der Waals surface area contributed by atoms with Crippen LogP contribution in [0.25, 0.3) is 0 Å². The van der Waals surface area contributed by atoms with Crippen molar-refractivity contribution < 1.29 is 9.84 Å². The highest BCUT2D eigenvalue weighted by Crippen LogP contribution is 2.40. The van der Waals surface area contributed by atoms with Crippen LogP contribution in [0.1, 0.15) is 48.1 Å². The molecule has 27 heavy (non-hydrogen) atoms. The van der Waals surface area contributed by atoms with Crippen LogP contribution in [0.4, 0.5) is 0 Å². The molecule has 6 heteroatoms. The van der Waals surface area contributed by atoms with Gasteiger partial charge in [-0.1, -0.05) is 38.1 Å². The number of rotatable bonds is 4. The minimum absolute atomic E-state index is 0.0154. The molecular weight excluding hydrogens is 342 g/mol. The molecule has 0 fully saturated rings. The number of hydrogen-bond acceptors (Lipinski definition) is 5. The molecular formula is C21H23N3O3. The predicted molar refractivity (Wildman–Crippen MR) is 102 cm³/mol. The molecule has 6 nitrogen and oxygen atoms in total. The van der Waals surface area contributed by atoms with Crippen molar-refractivity contribution in [1.82, 2.24) is 4.57 Å². The SMILES string of the molecule is Cc1cc2c(c(=O)n1CCO)C(c1ccc(C(C)C)cc1)C(C#N)=C(N)O2. The summed E-state index contributed by atoms with van der Waals surface area (Å²) in [4.78, 5) is 13.2. The second-order valence-corrected chi connectivity index (χ2v) is 6.99. The molecule has 2 aromatic rings. The fraction of sp³-hybridized carbons (Fsp3) is 0.333. The molecule has 140 valence electrons. The standard InChI is InChI=1S/C21H23N3O3/c1-12(2)14-4-6-15(7-5-14)18-16(11-22)20(23)27-17-10-13(3)24(8-9-25)21(26)19(17)18/h4-7,10,12,18,25H,8-9,23H2,1-3H3. The van der Waals surface area contributed by atoms with Gasteiger partial charge in [0.2, 0.25) is 5.88 Å². The van der Waals surface area contributed by atoms with E-state index in [-0.39, 0.29) is 30.2 Å². The van der Waals surface area contributed by atoms with Crippen molar-refractivity contribution in [3.8, 4) is 11.8 Å². The first-order valence-corrected chi connectivity index (χ1v) is 8.91. The monoisotopic (exact) mass is 365 g/mol. The molecule has 1 aliphatic heterocycles. The van der Waals surface area contributed by atoms with Crippen LogP contribution in [0.3, 0.4) is 0 Å². The summed E-state index contributed by atoms with van der Waals surface area (Å²) in [5.74, 6) is 0.155. The second-order valence-electron chi connectivity index (χ2n) is 6.99. The Labute approximate surface area is 158 Å². The summed E-state index contributed by atoms with van der Waals surface area (Å²) in [7, 11) is 0. The molecule has 0 aliphatic carbocycles. The second kappa shape index (κ2) is 7.29. The molecule has 1 atom stereocenters. The van der Waals surface area contributed by atoms with Gasteiger partial charge in [0.05, 0.1) is 18.1 Å². The summed E-state index contributed by atoms with van der Waals surface area (Å²) in [5.41, 5.74) is 8.94. The number of aliphatic hydroxyl groups is 1. The number of benzene rings is 1. The Morgan fingerprint density at radius 3 is 2.56 bits per heavy atom. The molecule has 1 aromatic carbocycles. The first-order chi connectivity index (χ1) is 12.9. The lowest BCUT2D eigenvalue weighted by Crippen LogP contribution is -2.33. The molecule has 3 N–H and O–H groups in total. The number of nitrogens with two attached hydrogens (primary N) is 1. The van der Waals surface area contributed by atoms with E-state index in [9.17, 15) is 15.2 Å². The maximum absolute atomic E-state index is 13.2. The van der Waals surface area contributed by atoms with E-state index in [2.05, 4.69) is 19.9 Å². The highest BCUT2D eigenvalue weighted by Gasteiger charge is 2.34. The number of aliphatic hydroxyl groups excluding tert-OH is 1. The normalized spacial score (nSPS) is 16.1. The van der Waals surface area contributed by atoms with Gasteiger partial charge >= 0.3 is 0 Å². The van der Waals surface area contributed by atoms with Gasteiger partial charge in [-0.05, 0) is 24.0 Å². The molecule has 0 saturated carbocycles. The van der Waals surface area contributed by atoms with E-state index in [0.717, 1.165) is 5.56 Å². The number of ether oxygens (including phenoxy) is 1. The third-order valence-electron chi connectivity index (χ3n) is 4.95. The molecule has 1 unspecified atom stereocenters. The number of aryl methyl sites for hydroxylation is 1. The third-order valence-corrected chi connectivity index (χ3v) is 4.95. The van der Waals surface area contributed by atoms with Crippen LogP contribution < -0.4 is 16.0 Å². The molecule has 0 radical (unpaired) electrons. The van der Waals surface area contributed by atoms with Crippen molar-refractivity contribution in [2.45, 2.75) is 39.2 Å². The minimum atomic E-state index is -0.599. The molecule has 2 heterocycles. The Morgan fingerprint density at radius 1 is 1.33 bits per heavy atom. The van der Waals surface area contributed by atoms with Gasteiger partial charge in [-0.25, -0.2) is 0 Å². The lowest BCUT2D eigenvalue weighted by atomic mass is 9.83. The van der Waals surface area contributed by atoms with Crippen molar-refractivity contribution in [1.29, 1.82) is 5.26 Å². The van der Waals surface area contributed by atoms with Gasteiger partial charge in [0.25, 0.3) is 5.56 Å². The Kier molecular flexibility index (Phi) is 5.06. The van der Waals surface area contributed by atoms with E-state index >= 15 is 0 Å². The fourth-order valence-electron chi connectivity index (χ4n) is 3.47. The van der Waals surface area contributed by atoms with E-state index in [1.165, 1.54) is 10.1 Å². The molecule has 1 aromatic heterocycles. The van der Waals surface area contributed by atoms with Crippen LogP contribution in [0.15, 0.2) is 46.6 Å². The summed E-state index contributed by atoms with van der Waals surface area (Å²) in [6.45, 7) is 6.00. The van der Waals surface area contributed by atoms with Gasteiger partial charge in [0.1, 0.15) is 17.4 Å². The van der Waals surface area contributed by atoms with Gasteiger partial charge in [-0.15, -0.1) is 0 Å². The summed E-state index contributed by atoms with van der Waals surface area (Å²) >= 11 is 0. The highest BCUT2D eigenvalue weighted by atomic mass is 16.5. The minimum Gasteiger partial charge on any atom is -0.440 e. The van der Waals surface area contributed by atoms with Crippen LogP contribution in [0.2, 0.25) is 0 Å². The first-order valence-electron chi connectivity index (χ1n) is 8.91. The lowest BCUT2D eigenvalue weighted by Gasteiger charge is -2.27. The Hall–Kier alpha value is -3.04. The topological polar surface area (TPSA) is 101 Å². The van der Waals surface area contributed by atoms with E-state index in [0.29, 0.717) is 22.9 Å². The van der Waals surface area contributed by atoms with Crippen LogP contribution in [0.5, 0.6) is 5.75 Å². The first kappa shape index (κ1) is 18.7. The van der Waals surface area contributed by atoms with Crippen molar-refractivity contribution in [3.05, 3.63) is 74.5 Å². The van der Waals surface area contributed by atoms with Gasteiger partial charge in [-0.3, -0.25) is 4.79 Å². The number of pyridine rings is 1. The molecule has 1 aliphatic rings. The Bertz CT molecular complexity index is 995. The molecule has 0 spiro atoms. The highest BCUT2D eigenvalue weighted by molar-refractivity contribution is 5.55. The van der Waals surface area contributed by atoms with Crippen LogP contribution in [-0.2, 0) is 6.54 Å². The average molecular weight is 365 g/mol. The summed E-state index contributed by atoms with van der Waals surface area (Å²) < 4.78 is 7.10. The van der Waals surface area contributed by atoms with Crippen molar-refractivity contribution >= 4 is 0 Å². The van der Waals surface area contributed by atoms with E-state index in [4.69, 9.17) is 10.5 Å². The quantitative estimate of drug-likeness (QED) is 0.867. The third kappa shape index (κ3) is 3.22. The van der Waals surface area contributed by atoms with Crippen LogP contribution >= 0.6 is 0 Å². The van der Waals surface area contributed by atoms with Crippen molar-refractivity contribution in [2.75, 3.05) is 6.61 Å². The number of hydrogen-bond donors (Lipinski definition) is 2. The van der Waals surface area contributed by atoms with E-state index in [1.807, 2.05) is 24.3 Å². The van der Waals surface area contributed by atoms with Gasteiger partial charge in [0.15, 0.2) is 0 Å². The van der Waals surface area contributed by atoms with Crippen molar-refractivity contribution in [2.24, 2.45) is 5.73 Å². The zero-order valence-corrected chi connectivity index (χ0v) is 15.7.